The molecular weight excluding hydrogens is 1200 g/mol. The van der Waals surface area contributed by atoms with Crippen LogP contribution in [0.1, 0.15) is 230 Å². The quantitative estimate of drug-likeness (QED) is 0.0412. The van der Waals surface area contributed by atoms with E-state index in [1.54, 1.807) is 27.7 Å². The number of carbonyl (C=O) groups is 1. The Hall–Kier alpha value is -10.1. The molecule has 0 aromatic heterocycles. The maximum atomic E-state index is 14.5. The first kappa shape index (κ1) is 72.2. The number of rotatable bonds is 26. The fourth-order valence-electron chi connectivity index (χ4n) is 11.1. The maximum absolute atomic E-state index is 14.5. The summed E-state index contributed by atoms with van der Waals surface area (Å²) in [6, 6.07) is 52.0. The summed E-state index contributed by atoms with van der Waals surface area (Å²) in [5.41, 5.74) is 12.7. The Morgan fingerprint density at radius 1 is 0.286 bits per heavy atom. The second kappa shape index (κ2) is 36.3. The van der Waals surface area contributed by atoms with Gasteiger partial charge in [-0.05, 0) is 160 Å². The van der Waals surface area contributed by atoms with E-state index in [0.29, 0.717) is 82.8 Å². The van der Waals surface area contributed by atoms with Crippen LogP contribution in [0.4, 0.5) is 0 Å². The molecular formula is C91H92O7. The van der Waals surface area contributed by atoms with Crippen LogP contribution in [0.25, 0.3) is 33.4 Å². The fourth-order valence-corrected chi connectivity index (χ4v) is 11.1. The minimum atomic E-state index is -1.06. The van der Waals surface area contributed by atoms with Gasteiger partial charge >= 0.3 is 0 Å². The Morgan fingerprint density at radius 3 is 0.786 bits per heavy atom. The van der Waals surface area contributed by atoms with Gasteiger partial charge in [0.25, 0.3) is 0 Å². The lowest BCUT2D eigenvalue weighted by Gasteiger charge is -2.14. The number of hydrogen-bond acceptors (Lipinski definition) is 7. The van der Waals surface area contributed by atoms with Crippen molar-refractivity contribution in [3.63, 3.8) is 0 Å². The molecule has 7 heteroatoms. The average molecular weight is 1300 g/mol. The third kappa shape index (κ3) is 22.0. The SMILES string of the molecule is CCCCCCOc1cc(C#Cc2ccc3c(c2)C(=O)c2cc(C#Cc4cc(OCCCCCC)c(C#Cc5ccc(-c6ccc(C#CC(C)(C)O)cc6)cc5)cc4OCCCCCC)ccc2-3)c(OCCCCCC)cc1C#Cc1ccc(-c2ccc(C#CC(C)(C)O)cc2)cc1. The molecule has 7 nitrogen and oxygen atoms in total. The Kier molecular flexibility index (Phi) is 26.7. The van der Waals surface area contributed by atoms with Gasteiger partial charge in [0, 0.05) is 68.8 Å². The van der Waals surface area contributed by atoms with Gasteiger partial charge in [-0.3, -0.25) is 4.79 Å². The Bertz CT molecular complexity index is 4140. The smallest absolute Gasteiger partial charge is 0.194 e. The number of ether oxygens (including phenoxy) is 4. The van der Waals surface area contributed by atoms with E-state index in [1.165, 1.54) is 0 Å². The lowest BCUT2D eigenvalue weighted by atomic mass is 10.0. The summed E-state index contributed by atoms with van der Waals surface area (Å²) in [7, 11) is 0. The van der Waals surface area contributed by atoms with E-state index in [0.717, 1.165) is 169 Å². The highest BCUT2D eigenvalue weighted by Gasteiger charge is 2.27. The highest BCUT2D eigenvalue weighted by molar-refractivity contribution is 6.22. The normalized spacial score (nSPS) is 11.1. The number of benzene rings is 8. The van der Waals surface area contributed by atoms with E-state index >= 15 is 0 Å². The van der Waals surface area contributed by atoms with Crippen molar-refractivity contribution < 1.29 is 34.0 Å². The van der Waals surface area contributed by atoms with Gasteiger partial charge in [-0.1, -0.05) is 236 Å². The molecule has 0 saturated heterocycles. The third-order valence-corrected chi connectivity index (χ3v) is 16.6. The highest BCUT2D eigenvalue weighted by Crippen LogP contribution is 2.38. The predicted octanol–water partition coefficient (Wildman–Crippen LogP) is 19.9. The molecule has 2 N–H and O–H groups in total. The summed E-state index contributed by atoms with van der Waals surface area (Å²) in [5, 5.41) is 20.1. The summed E-state index contributed by atoms with van der Waals surface area (Å²) in [6.45, 7) is 17.7. The van der Waals surface area contributed by atoms with Crippen molar-refractivity contribution in [2.75, 3.05) is 26.4 Å². The molecule has 0 aliphatic heterocycles. The topological polar surface area (TPSA) is 94.5 Å². The Labute approximate surface area is 584 Å². The molecule has 8 aromatic rings. The van der Waals surface area contributed by atoms with Crippen LogP contribution in [-0.2, 0) is 0 Å². The molecule has 1 aliphatic carbocycles. The lowest BCUT2D eigenvalue weighted by Crippen LogP contribution is -2.14. The van der Waals surface area contributed by atoms with Gasteiger partial charge in [0.05, 0.1) is 48.7 Å². The van der Waals surface area contributed by atoms with Gasteiger partial charge in [-0.25, -0.2) is 0 Å². The summed E-state index contributed by atoms with van der Waals surface area (Å²) in [6.07, 6.45) is 17.0. The van der Waals surface area contributed by atoms with E-state index in [9.17, 15) is 15.0 Å². The van der Waals surface area contributed by atoms with E-state index < -0.39 is 11.2 Å². The minimum Gasteiger partial charge on any atom is -0.492 e. The highest BCUT2D eigenvalue weighted by atomic mass is 16.5. The summed E-state index contributed by atoms with van der Waals surface area (Å²) in [5.74, 6) is 41.7. The average Bonchev–Trinajstić information content (AvgIpc) is 1.56. The van der Waals surface area contributed by atoms with Crippen molar-refractivity contribution in [1.29, 1.82) is 0 Å². The second-order valence-electron chi connectivity index (χ2n) is 26.1. The van der Waals surface area contributed by atoms with Gasteiger partial charge in [0.15, 0.2) is 5.78 Å². The van der Waals surface area contributed by atoms with Crippen molar-refractivity contribution in [3.8, 4) is 127 Å². The summed E-state index contributed by atoms with van der Waals surface area (Å²) >= 11 is 0. The molecule has 0 radical (unpaired) electrons. The van der Waals surface area contributed by atoms with E-state index in [-0.39, 0.29) is 5.78 Å². The van der Waals surface area contributed by atoms with Crippen LogP contribution < -0.4 is 18.9 Å². The van der Waals surface area contributed by atoms with Crippen LogP contribution in [0.2, 0.25) is 0 Å². The standard InChI is InChI=1S/C91H92O7/c1-9-13-17-21-57-95-85-65-79(87(97-59-23-19-15-11-3)63-77(85)47-33-67-25-39-73(40-26-67)75-43-29-69(30-44-75)53-55-90(5,6)93)49-35-71-37-51-81-82-52-38-72(62-84(82)89(92)83(81)61-71)36-50-80-66-86(96-58-22-18-14-10-2)78(64-88(80)98-60-24-20-16-12-4)48-34-68-27-41-74(42-28-68)76-45-31-70(32-46-76)54-56-91(7,8)94/h25-32,37-46,51-52,61-66,93-94H,9-24,57-60H2,1-8H3. The molecule has 98 heavy (non-hydrogen) atoms. The monoisotopic (exact) mass is 1300 g/mol. The molecule has 1 aliphatic rings. The first-order valence-electron chi connectivity index (χ1n) is 35.3. The minimum absolute atomic E-state index is 0.0748. The summed E-state index contributed by atoms with van der Waals surface area (Å²) in [4.78, 5) is 14.5. The van der Waals surface area contributed by atoms with Crippen molar-refractivity contribution in [2.45, 2.75) is 169 Å². The van der Waals surface area contributed by atoms with Gasteiger partial charge < -0.3 is 29.2 Å². The van der Waals surface area contributed by atoms with Gasteiger partial charge in [0.1, 0.15) is 34.2 Å². The van der Waals surface area contributed by atoms with Crippen LogP contribution in [-0.4, -0.2) is 53.6 Å². The van der Waals surface area contributed by atoms with Crippen LogP contribution in [0, 0.1) is 71.0 Å². The number of hydrogen-bond donors (Lipinski definition) is 2. The lowest BCUT2D eigenvalue weighted by molar-refractivity contribution is 0.104. The van der Waals surface area contributed by atoms with Crippen molar-refractivity contribution in [2.24, 2.45) is 0 Å². The molecule has 0 saturated carbocycles. The molecule has 8 aromatic carbocycles. The van der Waals surface area contributed by atoms with E-state index in [2.05, 4.69) is 123 Å². The first-order valence-corrected chi connectivity index (χ1v) is 35.3. The number of unbranched alkanes of at least 4 members (excludes halogenated alkanes) is 12. The second-order valence-corrected chi connectivity index (χ2v) is 26.1. The summed E-state index contributed by atoms with van der Waals surface area (Å²) < 4.78 is 26.2. The number of aliphatic hydroxyl groups is 2. The van der Waals surface area contributed by atoms with Crippen molar-refractivity contribution >= 4 is 5.78 Å². The first-order chi connectivity index (χ1) is 47.6. The van der Waals surface area contributed by atoms with Crippen molar-refractivity contribution in [1.82, 2.24) is 0 Å². The molecule has 498 valence electrons. The number of ketones is 1. The van der Waals surface area contributed by atoms with E-state index in [4.69, 9.17) is 18.9 Å². The fraction of sp³-hybridized carbons (Fsp3) is 0.330. The zero-order chi connectivity index (χ0) is 69.1. The van der Waals surface area contributed by atoms with Crippen LogP contribution in [0.3, 0.4) is 0 Å². The Balaban J connectivity index is 0.974. The molecule has 0 unspecified atom stereocenters. The molecule has 0 fully saturated rings. The maximum Gasteiger partial charge on any atom is 0.194 e. The zero-order valence-electron chi connectivity index (χ0n) is 58.6. The van der Waals surface area contributed by atoms with Crippen molar-refractivity contribution in [3.05, 3.63) is 224 Å². The van der Waals surface area contributed by atoms with E-state index in [1.807, 2.05) is 133 Å². The molecule has 0 bridgehead atoms. The molecule has 0 heterocycles. The molecule has 0 amide bonds. The molecule has 0 spiro atoms. The third-order valence-electron chi connectivity index (χ3n) is 16.6. The zero-order valence-corrected chi connectivity index (χ0v) is 58.6. The largest absolute Gasteiger partial charge is 0.492 e. The van der Waals surface area contributed by atoms with Crippen LogP contribution in [0.15, 0.2) is 158 Å². The van der Waals surface area contributed by atoms with Gasteiger partial charge in [-0.2, -0.15) is 0 Å². The van der Waals surface area contributed by atoms with Crippen LogP contribution >= 0.6 is 0 Å². The van der Waals surface area contributed by atoms with Crippen LogP contribution in [0.5, 0.6) is 23.0 Å². The number of fused-ring (bicyclic) bond motifs is 3. The van der Waals surface area contributed by atoms with Gasteiger partial charge in [0.2, 0.25) is 0 Å². The molecule has 0 atom stereocenters. The van der Waals surface area contributed by atoms with Gasteiger partial charge in [-0.15, -0.1) is 0 Å². The number of carbonyl (C=O) groups excluding carboxylic acids is 1. The molecule has 9 rings (SSSR count). The Morgan fingerprint density at radius 2 is 0.531 bits per heavy atom. The predicted molar refractivity (Wildman–Crippen MR) is 401 cm³/mol.